The summed E-state index contributed by atoms with van der Waals surface area (Å²) in [5.41, 5.74) is -0.266. The second kappa shape index (κ2) is 8.38. The van der Waals surface area contributed by atoms with E-state index in [1.165, 1.54) is 25.2 Å². The van der Waals surface area contributed by atoms with Crippen molar-refractivity contribution in [1.82, 2.24) is 0 Å². The Hall–Kier alpha value is -2.28. The Morgan fingerprint density at radius 2 is 1.87 bits per heavy atom. The van der Waals surface area contributed by atoms with Crippen LogP contribution in [0.4, 0.5) is 0 Å². The number of esters is 1. The third-order valence-corrected chi connectivity index (χ3v) is 4.00. The van der Waals surface area contributed by atoms with Crippen LogP contribution in [0.1, 0.15) is 41.2 Å². The van der Waals surface area contributed by atoms with E-state index in [0.717, 1.165) is 4.88 Å². The molecule has 0 aliphatic rings. The first-order valence-corrected chi connectivity index (χ1v) is 7.77. The number of hydrogen-bond acceptors (Lipinski definition) is 7. The monoisotopic (exact) mass is 337 g/mol. The molecule has 0 amide bonds. The van der Waals surface area contributed by atoms with Gasteiger partial charge in [0.25, 0.3) is 0 Å². The van der Waals surface area contributed by atoms with Gasteiger partial charge in [0.2, 0.25) is 0 Å². The first-order valence-electron chi connectivity index (χ1n) is 6.96. The van der Waals surface area contributed by atoms with Crippen LogP contribution in [0.3, 0.4) is 0 Å². The van der Waals surface area contributed by atoms with E-state index in [4.69, 9.17) is 10.1 Å². The highest BCUT2D eigenvalue weighted by atomic mass is 32.1. The zero-order valence-corrected chi connectivity index (χ0v) is 14.1. The average molecular weight is 337 g/mol. The van der Waals surface area contributed by atoms with Crippen LogP contribution in [0, 0.1) is 12.3 Å². The van der Waals surface area contributed by atoms with Gasteiger partial charge in [0.15, 0.2) is 11.6 Å². The predicted octanol–water partition coefficient (Wildman–Crippen LogP) is 3.00. The second-order valence-electron chi connectivity index (χ2n) is 5.00. The van der Waals surface area contributed by atoms with Crippen molar-refractivity contribution in [3.8, 4) is 0 Å². The van der Waals surface area contributed by atoms with Crippen molar-refractivity contribution in [2.75, 3.05) is 6.61 Å². The maximum Gasteiger partial charge on any atom is 0.306 e. The molecule has 6 nitrogen and oxygen atoms in total. The topological polar surface area (TPSA) is 105 Å². The maximum atomic E-state index is 11.9. The van der Waals surface area contributed by atoms with Crippen LogP contribution in [-0.4, -0.2) is 35.0 Å². The Balaban J connectivity index is 2.51. The van der Waals surface area contributed by atoms with Crippen molar-refractivity contribution < 1.29 is 24.2 Å². The van der Waals surface area contributed by atoms with Gasteiger partial charge in [0, 0.05) is 17.0 Å². The number of rotatable bonds is 8. The Bertz CT molecular complexity index is 656. The van der Waals surface area contributed by atoms with Gasteiger partial charge in [-0.05, 0) is 32.9 Å². The van der Waals surface area contributed by atoms with Gasteiger partial charge in [-0.3, -0.25) is 14.4 Å². The largest absolute Gasteiger partial charge is 0.508 e. The molecular weight excluding hydrogens is 318 g/mol. The van der Waals surface area contributed by atoms with E-state index in [0.29, 0.717) is 4.88 Å². The minimum Gasteiger partial charge on any atom is -0.508 e. The summed E-state index contributed by atoms with van der Waals surface area (Å²) in [6, 6.07) is 3.55. The van der Waals surface area contributed by atoms with Gasteiger partial charge in [-0.2, -0.15) is 0 Å². The van der Waals surface area contributed by atoms with Gasteiger partial charge in [0.05, 0.1) is 16.9 Å². The summed E-state index contributed by atoms with van der Waals surface area (Å²) in [6.07, 6.45) is -0.0888. The molecule has 0 radical (unpaired) electrons. The second-order valence-corrected chi connectivity index (χ2v) is 6.28. The Morgan fingerprint density at radius 1 is 1.22 bits per heavy atom. The fourth-order valence-corrected chi connectivity index (χ4v) is 2.73. The first-order chi connectivity index (χ1) is 10.7. The molecule has 0 unspecified atom stereocenters. The van der Waals surface area contributed by atoms with Crippen LogP contribution in [0.25, 0.3) is 0 Å². The standard InChI is InChI=1S/C16H19NO5S/c1-9-4-6-14(23-9)12(19)5-7-15(21)22-8-13(20)16(10(2)17)11(3)18/h4,6,17,20H,5,7-8H2,1-3H3/b16-13+,17-10?. The summed E-state index contributed by atoms with van der Waals surface area (Å²) in [4.78, 5) is 36.4. The predicted molar refractivity (Wildman–Crippen MR) is 87.3 cm³/mol. The molecule has 7 heteroatoms. The van der Waals surface area contributed by atoms with Gasteiger partial charge in [-0.1, -0.05) is 0 Å². The lowest BCUT2D eigenvalue weighted by atomic mass is 10.1. The lowest BCUT2D eigenvalue weighted by Crippen LogP contribution is -2.15. The third-order valence-electron chi connectivity index (χ3n) is 2.96. The molecule has 0 spiro atoms. The van der Waals surface area contributed by atoms with Crippen LogP contribution < -0.4 is 0 Å². The SMILES string of the molecule is CC(=N)/C(C(C)=O)=C(\O)COC(=O)CCC(=O)c1ccc(C)s1. The van der Waals surface area contributed by atoms with E-state index >= 15 is 0 Å². The summed E-state index contributed by atoms with van der Waals surface area (Å²) in [7, 11) is 0. The number of ketones is 2. The van der Waals surface area contributed by atoms with Crippen LogP contribution in [0.15, 0.2) is 23.5 Å². The Morgan fingerprint density at radius 3 is 2.35 bits per heavy atom. The number of carbonyl (C=O) groups excluding carboxylic acids is 3. The van der Waals surface area contributed by atoms with Gasteiger partial charge < -0.3 is 15.3 Å². The maximum absolute atomic E-state index is 11.9. The molecule has 0 aromatic carbocycles. The number of aliphatic hydroxyl groups excluding tert-OH is 1. The molecule has 0 aliphatic carbocycles. The number of Topliss-reactive ketones (excluding diaryl/α,β-unsaturated/α-hetero) is 2. The number of allylic oxidation sites excluding steroid dienone is 1. The van der Waals surface area contributed by atoms with E-state index in [1.54, 1.807) is 6.07 Å². The summed E-state index contributed by atoms with van der Waals surface area (Å²) in [6.45, 7) is 3.97. The molecule has 1 aromatic heterocycles. The van der Waals surface area contributed by atoms with Crippen LogP contribution in [0.5, 0.6) is 0 Å². The third kappa shape index (κ3) is 5.78. The Kier molecular flexibility index (Phi) is 6.84. The molecule has 0 atom stereocenters. The fraction of sp³-hybridized carbons (Fsp3) is 0.375. The lowest BCUT2D eigenvalue weighted by molar-refractivity contribution is -0.143. The zero-order chi connectivity index (χ0) is 17.6. The van der Waals surface area contributed by atoms with Crippen molar-refractivity contribution in [2.45, 2.75) is 33.6 Å². The normalized spacial score (nSPS) is 11.6. The molecule has 1 rings (SSSR count). The van der Waals surface area contributed by atoms with Crippen LogP contribution >= 0.6 is 11.3 Å². The summed E-state index contributed by atoms with van der Waals surface area (Å²) < 4.78 is 4.83. The molecule has 124 valence electrons. The molecule has 1 heterocycles. The number of thiophene rings is 1. The van der Waals surface area contributed by atoms with E-state index in [2.05, 4.69) is 0 Å². The smallest absolute Gasteiger partial charge is 0.306 e. The van der Waals surface area contributed by atoms with Crippen LogP contribution in [0.2, 0.25) is 0 Å². The van der Waals surface area contributed by atoms with Crippen molar-refractivity contribution in [1.29, 1.82) is 5.41 Å². The first kappa shape index (κ1) is 18.8. The number of aryl methyl sites for hydroxylation is 1. The zero-order valence-electron chi connectivity index (χ0n) is 13.3. The minimum absolute atomic E-state index is 0.0203. The quantitative estimate of drug-likeness (QED) is 0.249. The van der Waals surface area contributed by atoms with Gasteiger partial charge in [-0.15, -0.1) is 11.3 Å². The average Bonchev–Trinajstić information content (AvgIpc) is 2.88. The molecular formula is C16H19NO5S. The molecule has 0 fully saturated rings. The van der Waals surface area contributed by atoms with Gasteiger partial charge in [0.1, 0.15) is 12.4 Å². The molecule has 0 saturated heterocycles. The number of aliphatic hydroxyl groups is 1. The Labute approximate surface area is 138 Å². The van der Waals surface area contributed by atoms with E-state index in [-0.39, 0.29) is 29.9 Å². The number of nitrogens with one attached hydrogen (secondary N) is 1. The van der Waals surface area contributed by atoms with Crippen molar-refractivity contribution in [3.63, 3.8) is 0 Å². The molecule has 1 aromatic rings. The number of carbonyl (C=O) groups is 3. The minimum atomic E-state index is -0.649. The highest BCUT2D eigenvalue weighted by Crippen LogP contribution is 2.17. The van der Waals surface area contributed by atoms with E-state index < -0.39 is 24.1 Å². The van der Waals surface area contributed by atoms with Crippen molar-refractivity contribution >= 4 is 34.6 Å². The molecule has 2 N–H and O–H groups in total. The van der Waals surface area contributed by atoms with Gasteiger partial charge in [-0.25, -0.2) is 0 Å². The van der Waals surface area contributed by atoms with Crippen molar-refractivity contribution in [3.05, 3.63) is 33.2 Å². The summed E-state index contributed by atoms with van der Waals surface area (Å²) >= 11 is 1.37. The molecule has 23 heavy (non-hydrogen) atoms. The number of hydrogen-bond donors (Lipinski definition) is 2. The molecule has 0 aliphatic heterocycles. The van der Waals surface area contributed by atoms with E-state index in [1.807, 2.05) is 13.0 Å². The lowest BCUT2D eigenvalue weighted by Gasteiger charge is -2.08. The van der Waals surface area contributed by atoms with E-state index in [9.17, 15) is 19.5 Å². The summed E-state index contributed by atoms with van der Waals surface area (Å²) in [5.74, 6) is -1.73. The van der Waals surface area contributed by atoms with Crippen LogP contribution in [-0.2, 0) is 14.3 Å². The highest BCUT2D eigenvalue weighted by Gasteiger charge is 2.16. The summed E-state index contributed by atoms with van der Waals surface area (Å²) in [5, 5.41) is 17.1. The van der Waals surface area contributed by atoms with Crippen molar-refractivity contribution in [2.24, 2.45) is 0 Å². The molecule has 0 saturated carbocycles. The number of ether oxygens (including phenoxy) is 1. The van der Waals surface area contributed by atoms with Gasteiger partial charge >= 0.3 is 5.97 Å². The fourth-order valence-electron chi connectivity index (χ4n) is 1.90. The molecule has 0 bridgehead atoms. The highest BCUT2D eigenvalue weighted by molar-refractivity contribution is 7.14.